The summed E-state index contributed by atoms with van der Waals surface area (Å²) in [5, 5.41) is 12.2. The van der Waals surface area contributed by atoms with Gasteiger partial charge in [-0.15, -0.1) is 0 Å². The van der Waals surface area contributed by atoms with E-state index in [4.69, 9.17) is 0 Å². The van der Waals surface area contributed by atoms with Crippen LogP contribution < -0.4 is 5.32 Å². The van der Waals surface area contributed by atoms with Crippen LogP contribution in [0.4, 0.5) is 8.78 Å². The number of benzene rings is 1. The Morgan fingerprint density at radius 3 is 2.56 bits per heavy atom. The normalized spacial score (nSPS) is 28.2. The SMILES string of the molecule is O[C@H]1CCC(F)(F)[C@@H]1NCc1ccccc1. The lowest BCUT2D eigenvalue weighted by Crippen LogP contribution is -2.46. The van der Waals surface area contributed by atoms with Crippen molar-refractivity contribution in [1.29, 1.82) is 0 Å². The third kappa shape index (κ3) is 2.39. The van der Waals surface area contributed by atoms with Crippen molar-refractivity contribution in [3.05, 3.63) is 35.9 Å². The molecule has 0 heterocycles. The summed E-state index contributed by atoms with van der Waals surface area (Å²) in [7, 11) is 0. The molecule has 0 bridgehead atoms. The first-order chi connectivity index (χ1) is 7.59. The summed E-state index contributed by atoms with van der Waals surface area (Å²) in [6.07, 6.45) is -1.02. The highest BCUT2D eigenvalue weighted by molar-refractivity contribution is 5.14. The first-order valence-electron chi connectivity index (χ1n) is 5.43. The monoisotopic (exact) mass is 227 g/mol. The molecular formula is C12H15F2NO. The fraction of sp³-hybridized carbons (Fsp3) is 0.500. The maximum absolute atomic E-state index is 13.3. The van der Waals surface area contributed by atoms with Crippen molar-refractivity contribution in [3.8, 4) is 0 Å². The molecule has 1 fully saturated rings. The third-order valence-corrected chi connectivity index (χ3v) is 2.98. The van der Waals surface area contributed by atoms with E-state index in [9.17, 15) is 13.9 Å². The van der Waals surface area contributed by atoms with Gasteiger partial charge in [0.15, 0.2) is 0 Å². The summed E-state index contributed by atoms with van der Waals surface area (Å²) in [6, 6.07) is 8.22. The predicted octanol–water partition coefficient (Wildman–Crippen LogP) is 1.93. The van der Waals surface area contributed by atoms with Crippen LogP contribution >= 0.6 is 0 Å². The molecule has 0 radical (unpaired) electrons. The molecule has 0 unspecified atom stereocenters. The average molecular weight is 227 g/mol. The minimum atomic E-state index is -2.80. The maximum atomic E-state index is 13.3. The van der Waals surface area contributed by atoms with Gasteiger partial charge in [-0.25, -0.2) is 8.78 Å². The molecule has 2 N–H and O–H groups in total. The molecule has 0 spiro atoms. The van der Waals surface area contributed by atoms with Crippen molar-refractivity contribution in [2.24, 2.45) is 0 Å². The van der Waals surface area contributed by atoms with E-state index in [0.29, 0.717) is 6.54 Å². The molecule has 1 saturated carbocycles. The first kappa shape index (κ1) is 11.5. The molecule has 88 valence electrons. The summed E-state index contributed by atoms with van der Waals surface area (Å²) >= 11 is 0. The highest BCUT2D eigenvalue weighted by atomic mass is 19.3. The van der Waals surface area contributed by atoms with Gasteiger partial charge in [0.2, 0.25) is 0 Å². The smallest absolute Gasteiger partial charge is 0.265 e. The average Bonchev–Trinajstić information content (AvgIpc) is 2.52. The number of aliphatic hydroxyl groups is 1. The zero-order chi connectivity index (χ0) is 11.6. The van der Waals surface area contributed by atoms with Crippen LogP contribution in [-0.2, 0) is 6.54 Å². The van der Waals surface area contributed by atoms with Gasteiger partial charge in [0.1, 0.15) is 0 Å². The molecule has 0 aromatic heterocycles. The Hall–Kier alpha value is -1.00. The summed E-state index contributed by atoms with van der Waals surface area (Å²) in [5.41, 5.74) is 0.942. The van der Waals surface area contributed by atoms with Gasteiger partial charge in [0.05, 0.1) is 12.1 Å². The van der Waals surface area contributed by atoms with Crippen molar-refractivity contribution in [2.45, 2.75) is 37.5 Å². The Balaban J connectivity index is 1.95. The van der Waals surface area contributed by atoms with E-state index < -0.39 is 18.1 Å². The predicted molar refractivity (Wildman–Crippen MR) is 57.3 cm³/mol. The number of halogens is 2. The number of hydrogen-bond donors (Lipinski definition) is 2. The van der Waals surface area contributed by atoms with Crippen LogP contribution in [0.2, 0.25) is 0 Å². The van der Waals surface area contributed by atoms with E-state index in [0.717, 1.165) is 5.56 Å². The minimum absolute atomic E-state index is 0.166. The first-order valence-corrected chi connectivity index (χ1v) is 5.43. The molecular weight excluding hydrogens is 212 g/mol. The number of rotatable bonds is 3. The number of alkyl halides is 2. The lowest BCUT2D eigenvalue weighted by molar-refractivity contribution is -0.0373. The molecule has 2 rings (SSSR count). The summed E-state index contributed by atoms with van der Waals surface area (Å²) in [4.78, 5) is 0. The Morgan fingerprint density at radius 2 is 2.00 bits per heavy atom. The van der Waals surface area contributed by atoms with Gasteiger partial charge in [0.25, 0.3) is 5.92 Å². The Kier molecular flexibility index (Phi) is 3.21. The van der Waals surface area contributed by atoms with Crippen molar-refractivity contribution >= 4 is 0 Å². The highest BCUT2D eigenvalue weighted by Crippen LogP contribution is 2.35. The standard InChI is InChI=1S/C12H15F2NO/c13-12(14)7-6-10(16)11(12)15-8-9-4-2-1-3-5-9/h1-5,10-11,15-16H,6-8H2/t10-,11+/m0/s1. The van der Waals surface area contributed by atoms with Gasteiger partial charge in [-0.3, -0.25) is 0 Å². The molecule has 4 heteroatoms. The summed E-state index contributed by atoms with van der Waals surface area (Å²) < 4.78 is 26.7. The van der Waals surface area contributed by atoms with E-state index in [1.807, 2.05) is 30.3 Å². The van der Waals surface area contributed by atoms with Crippen LogP contribution in [0.15, 0.2) is 30.3 Å². The molecule has 0 amide bonds. The van der Waals surface area contributed by atoms with Crippen molar-refractivity contribution in [3.63, 3.8) is 0 Å². The molecule has 1 aliphatic carbocycles. The van der Waals surface area contributed by atoms with Gasteiger partial charge in [-0.05, 0) is 12.0 Å². The van der Waals surface area contributed by atoms with Gasteiger partial charge in [-0.2, -0.15) is 0 Å². The Bertz CT molecular complexity index is 342. The van der Waals surface area contributed by atoms with Crippen molar-refractivity contribution < 1.29 is 13.9 Å². The minimum Gasteiger partial charge on any atom is -0.391 e. The van der Waals surface area contributed by atoms with Crippen LogP contribution in [0.3, 0.4) is 0 Å². The largest absolute Gasteiger partial charge is 0.391 e. The zero-order valence-electron chi connectivity index (χ0n) is 8.87. The topological polar surface area (TPSA) is 32.3 Å². The highest BCUT2D eigenvalue weighted by Gasteiger charge is 2.49. The van der Waals surface area contributed by atoms with Gasteiger partial charge in [0, 0.05) is 13.0 Å². The lowest BCUT2D eigenvalue weighted by atomic mass is 10.1. The Labute approximate surface area is 93.3 Å². The third-order valence-electron chi connectivity index (χ3n) is 2.98. The van der Waals surface area contributed by atoms with E-state index in [-0.39, 0.29) is 12.8 Å². The molecule has 1 aromatic carbocycles. The molecule has 2 atom stereocenters. The van der Waals surface area contributed by atoms with Gasteiger partial charge < -0.3 is 10.4 Å². The second-order valence-corrected chi connectivity index (χ2v) is 4.21. The number of aliphatic hydroxyl groups excluding tert-OH is 1. The second kappa shape index (κ2) is 4.47. The van der Waals surface area contributed by atoms with Gasteiger partial charge in [-0.1, -0.05) is 30.3 Å². The fourth-order valence-corrected chi connectivity index (χ4v) is 2.05. The van der Waals surface area contributed by atoms with E-state index in [1.165, 1.54) is 0 Å². The molecule has 1 aromatic rings. The second-order valence-electron chi connectivity index (χ2n) is 4.21. The zero-order valence-corrected chi connectivity index (χ0v) is 8.87. The summed E-state index contributed by atoms with van der Waals surface area (Å²) in [5.74, 6) is -2.80. The molecule has 1 aliphatic rings. The summed E-state index contributed by atoms with van der Waals surface area (Å²) in [6.45, 7) is 0.359. The molecule has 0 aliphatic heterocycles. The molecule has 0 saturated heterocycles. The van der Waals surface area contributed by atoms with Crippen molar-refractivity contribution in [1.82, 2.24) is 5.32 Å². The number of hydrogen-bond acceptors (Lipinski definition) is 2. The quantitative estimate of drug-likeness (QED) is 0.827. The Morgan fingerprint density at radius 1 is 1.31 bits per heavy atom. The number of nitrogens with one attached hydrogen (secondary N) is 1. The van der Waals surface area contributed by atoms with Crippen LogP contribution in [0.1, 0.15) is 18.4 Å². The van der Waals surface area contributed by atoms with Crippen LogP contribution in [0, 0.1) is 0 Å². The fourth-order valence-electron chi connectivity index (χ4n) is 2.05. The van der Waals surface area contributed by atoms with E-state index >= 15 is 0 Å². The maximum Gasteiger partial charge on any atom is 0.265 e. The van der Waals surface area contributed by atoms with E-state index in [1.54, 1.807) is 0 Å². The molecule has 2 nitrogen and oxygen atoms in total. The van der Waals surface area contributed by atoms with E-state index in [2.05, 4.69) is 5.32 Å². The van der Waals surface area contributed by atoms with Gasteiger partial charge >= 0.3 is 0 Å². The van der Waals surface area contributed by atoms with Crippen LogP contribution in [0.25, 0.3) is 0 Å². The van der Waals surface area contributed by atoms with Crippen molar-refractivity contribution in [2.75, 3.05) is 0 Å². The van der Waals surface area contributed by atoms with Crippen LogP contribution in [0.5, 0.6) is 0 Å². The molecule has 16 heavy (non-hydrogen) atoms. The van der Waals surface area contributed by atoms with Crippen LogP contribution in [-0.4, -0.2) is 23.2 Å². The lowest BCUT2D eigenvalue weighted by Gasteiger charge is -2.22.